The molecule has 1 atom stereocenters. The third-order valence-corrected chi connectivity index (χ3v) is 3.33. The van der Waals surface area contributed by atoms with Crippen molar-refractivity contribution in [2.24, 2.45) is 5.73 Å². The highest BCUT2D eigenvalue weighted by Crippen LogP contribution is 2.22. The van der Waals surface area contributed by atoms with Gasteiger partial charge >= 0.3 is 0 Å². The van der Waals surface area contributed by atoms with E-state index in [1.807, 2.05) is 0 Å². The molecule has 1 rings (SSSR count). The lowest BCUT2D eigenvalue weighted by atomic mass is 10.1. The van der Waals surface area contributed by atoms with Gasteiger partial charge in [-0.2, -0.15) is 12.6 Å². The van der Waals surface area contributed by atoms with Crippen molar-refractivity contribution in [1.29, 1.82) is 0 Å². The SMILES string of the molecule is Cc1cccc(C)c1OCCCCC(N)CS. The maximum atomic E-state index is 5.82. The highest BCUT2D eigenvalue weighted by molar-refractivity contribution is 7.80. The Morgan fingerprint density at radius 3 is 2.47 bits per heavy atom. The Hall–Kier alpha value is -0.670. The molecule has 0 saturated heterocycles. The van der Waals surface area contributed by atoms with Crippen LogP contribution in [0.2, 0.25) is 0 Å². The average Bonchev–Trinajstić information content (AvgIpc) is 2.31. The monoisotopic (exact) mass is 253 g/mol. The van der Waals surface area contributed by atoms with Crippen molar-refractivity contribution < 1.29 is 4.74 Å². The van der Waals surface area contributed by atoms with E-state index in [1.54, 1.807) is 0 Å². The van der Waals surface area contributed by atoms with E-state index in [4.69, 9.17) is 10.5 Å². The van der Waals surface area contributed by atoms with Crippen LogP contribution in [-0.4, -0.2) is 18.4 Å². The number of nitrogens with two attached hydrogens (primary N) is 1. The first-order chi connectivity index (χ1) is 8.15. The van der Waals surface area contributed by atoms with Crippen molar-refractivity contribution >= 4 is 12.6 Å². The van der Waals surface area contributed by atoms with E-state index in [1.165, 1.54) is 11.1 Å². The largest absolute Gasteiger partial charge is 0.493 e. The fourth-order valence-corrected chi connectivity index (χ4v) is 1.98. The molecule has 2 nitrogen and oxygen atoms in total. The van der Waals surface area contributed by atoms with Gasteiger partial charge in [-0.1, -0.05) is 18.2 Å². The lowest BCUT2D eigenvalue weighted by Gasteiger charge is -2.12. The van der Waals surface area contributed by atoms with Crippen LogP contribution in [0.1, 0.15) is 30.4 Å². The summed E-state index contributed by atoms with van der Waals surface area (Å²) >= 11 is 4.17. The second-order valence-corrected chi connectivity index (χ2v) is 4.87. The molecule has 0 amide bonds. The van der Waals surface area contributed by atoms with Crippen molar-refractivity contribution in [3.63, 3.8) is 0 Å². The van der Waals surface area contributed by atoms with Crippen molar-refractivity contribution in [3.05, 3.63) is 29.3 Å². The second-order valence-electron chi connectivity index (χ2n) is 4.51. The number of aryl methyl sites for hydroxylation is 2. The summed E-state index contributed by atoms with van der Waals surface area (Å²) in [6, 6.07) is 6.44. The van der Waals surface area contributed by atoms with E-state index in [0.29, 0.717) is 0 Å². The van der Waals surface area contributed by atoms with Crippen molar-refractivity contribution in [2.75, 3.05) is 12.4 Å². The second kappa shape index (κ2) is 7.62. The van der Waals surface area contributed by atoms with E-state index < -0.39 is 0 Å². The summed E-state index contributed by atoms with van der Waals surface area (Å²) in [6.07, 6.45) is 3.18. The molecule has 0 aromatic heterocycles. The summed E-state index contributed by atoms with van der Waals surface area (Å²) in [6.45, 7) is 4.93. The topological polar surface area (TPSA) is 35.2 Å². The van der Waals surface area contributed by atoms with Crippen molar-refractivity contribution in [1.82, 2.24) is 0 Å². The summed E-state index contributed by atoms with van der Waals surface area (Å²) in [7, 11) is 0. The quantitative estimate of drug-likeness (QED) is 0.578. The Morgan fingerprint density at radius 1 is 1.24 bits per heavy atom. The van der Waals surface area contributed by atoms with Gasteiger partial charge in [-0.25, -0.2) is 0 Å². The highest BCUT2D eigenvalue weighted by Gasteiger charge is 2.03. The molecular formula is C14H23NOS. The molecule has 0 saturated carbocycles. The van der Waals surface area contributed by atoms with Gasteiger partial charge in [0.05, 0.1) is 6.61 Å². The van der Waals surface area contributed by atoms with Crippen LogP contribution in [0.5, 0.6) is 5.75 Å². The number of unbranched alkanes of at least 4 members (excludes halogenated alkanes) is 1. The van der Waals surface area contributed by atoms with Crippen LogP contribution < -0.4 is 10.5 Å². The molecule has 0 radical (unpaired) electrons. The molecule has 0 heterocycles. The van der Waals surface area contributed by atoms with Crippen molar-refractivity contribution in [2.45, 2.75) is 39.2 Å². The molecule has 0 fully saturated rings. The minimum absolute atomic E-state index is 0.221. The third kappa shape index (κ3) is 5.00. The van der Waals surface area contributed by atoms with Crippen LogP contribution in [0.25, 0.3) is 0 Å². The lowest BCUT2D eigenvalue weighted by molar-refractivity contribution is 0.300. The number of thiol groups is 1. The van der Waals surface area contributed by atoms with E-state index in [-0.39, 0.29) is 6.04 Å². The molecule has 0 aliphatic carbocycles. The molecule has 17 heavy (non-hydrogen) atoms. The minimum Gasteiger partial charge on any atom is -0.493 e. The third-order valence-electron chi connectivity index (χ3n) is 2.86. The molecule has 1 aromatic carbocycles. The number of rotatable bonds is 7. The van der Waals surface area contributed by atoms with Gasteiger partial charge in [-0.15, -0.1) is 0 Å². The first-order valence-corrected chi connectivity index (χ1v) is 6.84. The van der Waals surface area contributed by atoms with Crippen LogP contribution in [0.4, 0.5) is 0 Å². The maximum Gasteiger partial charge on any atom is 0.125 e. The van der Waals surface area contributed by atoms with Crippen molar-refractivity contribution in [3.8, 4) is 5.75 Å². The normalized spacial score (nSPS) is 12.5. The standard InChI is InChI=1S/C14H23NOS/c1-11-6-5-7-12(2)14(11)16-9-4-3-8-13(15)10-17/h5-7,13,17H,3-4,8-10,15H2,1-2H3. The zero-order valence-corrected chi connectivity index (χ0v) is 11.7. The Bertz CT molecular complexity index is 321. The van der Waals surface area contributed by atoms with Gasteiger partial charge in [0.25, 0.3) is 0 Å². The van der Waals surface area contributed by atoms with Crippen LogP contribution in [0, 0.1) is 13.8 Å². The zero-order chi connectivity index (χ0) is 12.7. The molecular weight excluding hydrogens is 230 g/mol. The molecule has 2 N–H and O–H groups in total. The number of ether oxygens (including phenoxy) is 1. The first-order valence-electron chi connectivity index (χ1n) is 6.20. The van der Waals surface area contributed by atoms with Gasteiger partial charge < -0.3 is 10.5 Å². The fraction of sp³-hybridized carbons (Fsp3) is 0.571. The summed E-state index contributed by atoms with van der Waals surface area (Å²) in [5, 5.41) is 0. The molecule has 1 aromatic rings. The van der Waals surface area contributed by atoms with Gasteiger partial charge in [-0.3, -0.25) is 0 Å². The van der Waals surface area contributed by atoms with Gasteiger partial charge in [-0.05, 0) is 44.2 Å². The predicted molar refractivity (Wildman–Crippen MR) is 77.1 cm³/mol. The van der Waals surface area contributed by atoms with E-state index >= 15 is 0 Å². The lowest BCUT2D eigenvalue weighted by Crippen LogP contribution is -2.21. The predicted octanol–water partition coefficient (Wildman–Crippen LogP) is 3.11. The maximum absolute atomic E-state index is 5.82. The number of benzene rings is 1. The molecule has 3 heteroatoms. The Morgan fingerprint density at radius 2 is 1.88 bits per heavy atom. The molecule has 0 aliphatic rings. The average molecular weight is 253 g/mol. The Labute approximate surface area is 110 Å². The first kappa shape index (κ1) is 14.4. The fourth-order valence-electron chi connectivity index (χ4n) is 1.80. The smallest absolute Gasteiger partial charge is 0.125 e. The van der Waals surface area contributed by atoms with Gasteiger partial charge in [0.2, 0.25) is 0 Å². The Balaban J connectivity index is 2.27. The van der Waals surface area contributed by atoms with Crippen LogP contribution in [0.15, 0.2) is 18.2 Å². The summed E-state index contributed by atoms with van der Waals surface area (Å²) in [5.41, 5.74) is 8.21. The summed E-state index contributed by atoms with van der Waals surface area (Å²) in [5.74, 6) is 1.79. The Kier molecular flexibility index (Phi) is 6.45. The number of hydrogen-bond donors (Lipinski definition) is 2. The molecule has 0 bridgehead atoms. The molecule has 1 unspecified atom stereocenters. The molecule has 0 aliphatic heterocycles. The molecule has 96 valence electrons. The van der Waals surface area contributed by atoms with Gasteiger partial charge in [0, 0.05) is 11.8 Å². The zero-order valence-electron chi connectivity index (χ0n) is 10.8. The van der Waals surface area contributed by atoms with Crippen LogP contribution >= 0.6 is 12.6 Å². The van der Waals surface area contributed by atoms with Gasteiger partial charge in [0.15, 0.2) is 0 Å². The van der Waals surface area contributed by atoms with Crippen LogP contribution in [0.3, 0.4) is 0 Å². The number of para-hydroxylation sites is 1. The highest BCUT2D eigenvalue weighted by atomic mass is 32.1. The molecule has 0 spiro atoms. The van der Waals surface area contributed by atoms with Crippen LogP contribution in [-0.2, 0) is 0 Å². The van der Waals surface area contributed by atoms with E-state index in [0.717, 1.165) is 37.4 Å². The summed E-state index contributed by atoms with van der Waals surface area (Å²) in [4.78, 5) is 0. The van der Waals surface area contributed by atoms with E-state index in [2.05, 4.69) is 44.7 Å². The van der Waals surface area contributed by atoms with Gasteiger partial charge in [0.1, 0.15) is 5.75 Å². The van der Waals surface area contributed by atoms with E-state index in [9.17, 15) is 0 Å². The summed E-state index contributed by atoms with van der Waals surface area (Å²) < 4.78 is 5.82. The minimum atomic E-state index is 0.221. The number of hydrogen-bond acceptors (Lipinski definition) is 3.